The lowest BCUT2D eigenvalue weighted by molar-refractivity contribution is 0.0535. The van der Waals surface area contributed by atoms with Crippen LogP contribution in [0.15, 0.2) is 54.6 Å². The normalized spacial score (nSPS) is 12.1. The molecule has 1 aliphatic rings. The number of cyclic esters (lactones) is 1. The molecule has 0 saturated carbocycles. The Morgan fingerprint density at radius 3 is 2.48 bits per heavy atom. The highest BCUT2D eigenvalue weighted by atomic mass is 16.5. The lowest BCUT2D eigenvalue weighted by atomic mass is 9.99. The number of hydrogen-bond donors (Lipinski definition) is 0. The molecule has 1 aliphatic heterocycles. The Kier molecular flexibility index (Phi) is 6.22. The monoisotopic (exact) mass is 447 g/mol. The second-order valence-corrected chi connectivity index (χ2v) is 7.81. The summed E-state index contributed by atoms with van der Waals surface area (Å²) in [6, 6.07) is 16.6. The fraction of sp³-hybridized carbons (Fsp3) is 0.231. The van der Waals surface area contributed by atoms with E-state index in [1.807, 2.05) is 42.5 Å². The maximum Gasteiger partial charge on any atom is 0.338 e. The van der Waals surface area contributed by atoms with Crippen LogP contribution in [-0.2, 0) is 18.0 Å². The number of ether oxygens (including phenoxy) is 4. The van der Waals surface area contributed by atoms with Gasteiger partial charge < -0.3 is 23.8 Å². The minimum atomic E-state index is -0.313. The Hall–Kier alpha value is -4.00. The van der Waals surface area contributed by atoms with Gasteiger partial charge in [-0.15, -0.1) is 0 Å². The predicted octanol–water partition coefficient (Wildman–Crippen LogP) is 4.32. The zero-order chi connectivity index (χ0) is 23.5. The standard InChI is InChI=1S/C26H25NO6/c1-27(2)25(28)18-7-5-6-16(12-18)14-32-23-20(10-11-22(30-3)24(23)31-4)17-8-9-21-19(13-17)15-33-26(21)29/h5-13H,14-15H2,1-4H3. The Balaban J connectivity index is 1.71. The third kappa shape index (κ3) is 4.35. The van der Waals surface area contributed by atoms with Gasteiger partial charge >= 0.3 is 5.97 Å². The van der Waals surface area contributed by atoms with E-state index in [-0.39, 0.29) is 25.1 Å². The maximum atomic E-state index is 12.3. The molecule has 0 fully saturated rings. The number of hydrogen-bond acceptors (Lipinski definition) is 6. The van der Waals surface area contributed by atoms with Gasteiger partial charge in [-0.05, 0) is 47.5 Å². The molecule has 0 saturated heterocycles. The zero-order valence-electron chi connectivity index (χ0n) is 19.0. The maximum absolute atomic E-state index is 12.3. The number of rotatable bonds is 7. The molecule has 7 heteroatoms. The largest absolute Gasteiger partial charge is 0.493 e. The summed E-state index contributed by atoms with van der Waals surface area (Å²) in [4.78, 5) is 25.7. The Bertz CT molecular complexity index is 1220. The van der Waals surface area contributed by atoms with Crippen molar-refractivity contribution in [1.82, 2.24) is 4.90 Å². The minimum absolute atomic E-state index is 0.0774. The fourth-order valence-electron chi connectivity index (χ4n) is 3.78. The Morgan fingerprint density at radius 2 is 1.76 bits per heavy atom. The molecule has 7 nitrogen and oxygen atoms in total. The van der Waals surface area contributed by atoms with E-state index in [2.05, 4.69) is 0 Å². The lowest BCUT2D eigenvalue weighted by Gasteiger charge is -2.18. The molecule has 33 heavy (non-hydrogen) atoms. The quantitative estimate of drug-likeness (QED) is 0.502. The number of amides is 1. The molecule has 4 rings (SSSR count). The summed E-state index contributed by atoms with van der Waals surface area (Å²) < 4.78 is 22.5. The summed E-state index contributed by atoms with van der Waals surface area (Å²) >= 11 is 0. The highest BCUT2D eigenvalue weighted by Crippen LogP contribution is 2.45. The van der Waals surface area contributed by atoms with Gasteiger partial charge in [-0.3, -0.25) is 4.79 Å². The van der Waals surface area contributed by atoms with E-state index in [0.717, 1.165) is 22.3 Å². The van der Waals surface area contributed by atoms with E-state index in [4.69, 9.17) is 18.9 Å². The van der Waals surface area contributed by atoms with Crippen molar-refractivity contribution in [2.75, 3.05) is 28.3 Å². The van der Waals surface area contributed by atoms with Crippen LogP contribution in [0.25, 0.3) is 11.1 Å². The van der Waals surface area contributed by atoms with Crippen LogP contribution in [0.5, 0.6) is 17.2 Å². The van der Waals surface area contributed by atoms with Gasteiger partial charge in [0.15, 0.2) is 11.5 Å². The summed E-state index contributed by atoms with van der Waals surface area (Å²) in [5, 5.41) is 0. The van der Waals surface area contributed by atoms with Gasteiger partial charge in [0.25, 0.3) is 5.91 Å². The zero-order valence-corrected chi connectivity index (χ0v) is 19.0. The number of methoxy groups -OCH3 is 2. The van der Waals surface area contributed by atoms with Gasteiger partial charge in [-0.1, -0.05) is 18.2 Å². The van der Waals surface area contributed by atoms with Gasteiger partial charge in [-0.25, -0.2) is 4.79 Å². The van der Waals surface area contributed by atoms with Gasteiger partial charge in [0.2, 0.25) is 5.75 Å². The summed E-state index contributed by atoms with van der Waals surface area (Å²) in [5.41, 5.74) is 4.47. The summed E-state index contributed by atoms with van der Waals surface area (Å²) in [6.45, 7) is 0.468. The van der Waals surface area contributed by atoms with Crippen LogP contribution in [0.3, 0.4) is 0 Å². The first kappa shape index (κ1) is 22.2. The molecule has 0 aliphatic carbocycles. The second kappa shape index (κ2) is 9.24. The molecule has 170 valence electrons. The van der Waals surface area contributed by atoms with Crippen LogP contribution in [-0.4, -0.2) is 45.1 Å². The molecule has 3 aromatic rings. The van der Waals surface area contributed by atoms with Crippen LogP contribution in [0.2, 0.25) is 0 Å². The van der Waals surface area contributed by atoms with Gasteiger partial charge in [0.05, 0.1) is 19.8 Å². The van der Waals surface area contributed by atoms with E-state index in [0.29, 0.717) is 28.4 Å². The smallest absolute Gasteiger partial charge is 0.338 e. The van der Waals surface area contributed by atoms with E-state index >= 15 is 0 Å². The Labute approximate surface area is 192 Å². The molecule has 0 radical (unpaired) electrons. The average Bonchev–Trinajstić information content (AvgIpc) is 3.21. The molecule has 0 aromatic heterocycles. The number of esters is 1. The molecule has 0 unspecified atom stereocenters. The molecular formula is C26H25NO6. The van der Waals surface area contributed by atoms with E-state index in [1.165, 1.54) is 4.90 Å². The SMILES string of the molecule is COc1ccc(-c2ccc3c(c2)COC3=O)c(OCc2cccc(C(=O)N(C)C)c2)c1OC. The summed E-state index contributed by atoms with van der Waals surface area (Å²) in [6.07, 6.45) is 0. The first-order chi connectivity index (χ1) is 15.9. The summed E-state index contributed by atoms with van der Waals surface area (Å²) in [7, 11) is 6.55. The van der Waals surface area contributed by atoms with Crippen LogP contribution in [0, 0.1) is 0 Å². The number of benzene rings is 3. The topological polar surface area (TPSA) is 74.3 Å². The number of fused-ring (bicyclic) bond motifs is 1. The predicted molar refractivity (Wildman–Crippen MR) is 123 cm³/mol. The highest BCUT2D eigenvalue weighted by molar-refractivity contribution is 5.95. The van der Waals surface area contributed by atoms with Crippen molar-refractivity contribution in [3.63, 3.8) is 0 Å². The van der Waals surface area contributed by atoms with Crippen molar-refractivity contribution < 1.29 is 28.5 Å². The van der Waals surface area contributed by atoms with Gasteiger partial charge in [-0.2, -0.15) is 0 Å². The van der Waals surface area contributed by atoms with Crippen molar-refractivity contribution in [3.05, 3.63) is 76.9 Å². The molecule has 3 aromatic carbocycles. The van der Waals surface area contributed by atoms with Gasteiger partial charge in [0, 0.05) is 30.8 Å². The van der Waals surface area contributed by atoms with Crippen molar-refractivity contribution in [1.29, 1.82) is 0 Å². The highest BCUT2D eigenvalue weighted by Gasteiger charge is 2.24. The van der Waals surface area contributed by atoms with Crippen molar-refractivity contribution in [2.24, 2.45) is 0 Å². The molecule has 0 spiro atoms. The van der Waals surface area contributed by atoms with E-state index < -0.39 is 0 Å². The fourth-order valence-corrected chi connectivity index (χ4v) is 3.78. The first-order valence-electron chi connectivity index (χ1n) is 10.4. The molecular weight excluding hydrogens is 422 g/mol. The van der Waals surface area contributed by atoms with E-state index in [9.17, 15) is 9.59 Å². The molecule has 0 bridgehead atoms. The number of nitrogens with zero attached hydrogens (tertiary/aromatic N) is 1. The summed E-state index contributed by atoms with van der Waals surface area (Å²) in [5.74, 6) is 1.11. The van der Waals surface area contributed by atoms with E-state index in [1.54, 1.807) is 40.4 Å². The van der Waals surface area contributed by atoms with Crippen molar-refractivity contribution in [3.8, 4) is 28.4 Å². The minimum Gasteiger partial charge on any atom is -0.493 e. The van der Waals surface area contributed by atoms with Crippen molar-refractivity contribution in [2.45, 2.75) is 13.2 Å². The molecule has 0 atom stereocenters. The molecule has 0 N–H and O–H groups in total. The van der Waals surface area contributed by atoms with Crippen LogP contribution < -0.4 is 14.2 Å². The number of carbonyl (C=O) groups excluding carboxylic acids is 2. The third-order valence-electron chi connectivity index (χ3n) is 5.46. The molecule has 1 amide bonds. The molecule has 1 heterocycles. The third-order valence-corrected chi connectivity index (χ3v) is 5.46. The van der Waals surface area contributed by atoms with Crippen LogP contribution >= 0.6 is 0 Å². The van der Waals surface area contributed by atoms with Gasteiger partial charge in [0.1, 0.15) is 13.2 Å². The Morgan fingerprint density at radius 1 is 0.970 bits per heavy atom. The number of carbonyl (C=O) groups is 2. The van der Waals surface area contributed by atoms with Crippen LogP contribution in [0.1, 0.15) is 31.8 Å². The average molecular weight is 447 g/mol. The second-order valence-electron chi connectivity index (χ2n) is 7.81. The van der Waals surface area contributed by atoms with Crippen molar-refractivity contribution >= 4 is 11.9 Å². The first-order valence-corrected chi connectivity index (χ1v) is 10.4. The lowest BCUT2D eigenvalue weighted by Crippen LogP contribution is -2.21. The van der Waals surface area contributed by atoms with Crippen LogP contribution in [0.4, 0.5) is 0 Å².